The summed E-state index contributed by atoms with van der Waals surface area (Å²) < 4.78 is 31.7. The number of carbonyl (C=O) groups is 1. The quantitative estimate of drug-likeness (QED) is 0.847. The predicted octanol–water partition coefficient (Wildman–Crippen LogP) is 2.21. The molecule has 3 N–H and O–H groups in total. The summed E-state index contributed by atoms with van der Waals surface area (Å²) in [6.07, 6.45) is 1.47. The second-order valence-corrected chi connectivity index (χ2v) is 6.21. The van der Waals surface area contributed by atoms with E-state index in [1.54, 1.807) is 24.3 Å². The lowest BCUT2D eigenvalue weighted by molar-refractivity contribution is 0.100. The molecule has 0 saturated heterocycles. The van der Waals surface area contributed by atoms with Crippen molar-refractivity contribution in [2.75, 3.05) is 11.8 Å². The Hall–Kier alpha value is -2.80. The van der Waals surface area contributed by atoms with Gasteiger partial charge in [-0.2, -0.15) is 0 Å². The third-order valence-corrected chi connectivity index (χ3v) is 3.97. The van der Waals surface area contributed by atoms with Crippen molar-refractivity contribution in [2.45, 2.75) is 0 Å². The highest BCUT2D eigenvalue weighted by Crippen LogP contribution is 2.26. The van der Waals surface area contributed by atoms with Crippen molar-refractivity contribution in [3.05, 3.63) is 65.1 Å². The van der Waals surface area contributed by atoms with Gasteiger partial charge >= 0.3 is 0 Å². The molecule has 6 nitrogen and oxygen atoms in total. The van der Waals surface area contributed by atoms with Gasteiger partial charge in [-0.3, -0.25) is 9.52 Å². The largest absolute Gasteiger partial charge is 0.495 e. The van der Waals surface area contributed by atoms with Gasteiger partial charge in [0.05, 0.1) is 18.2 Å². The van der Waals surface area contributed by atoms with Crippen LogP contribution in [0.5, 0.6) is 5.75 Å². The van der Waals surface area contributed by atoms with E-state index in [9.17, 15) is 13.2 Å². The van der Waals surface area contributed by atoms with Crippen molar-refractivity contribution >= 4 is 27.7 Å². The first-order valence-electron chi connectivity index (χ1n) is 6.65. The Kier molecular flexibility index (Phi) is 5.02. The van der Waals surface area contributed by atoms with Gasteiger partial charge in [0.25, 0.3) is 10.0 Å². The van der Waals surface area contributed by atoms with Crippen LogP contribution in [0.15, 0.2) is 53.9 Å². The highest BCUT2D eigenvalue weighted by Gasteiger charge is 2.13. The van der Waals surface area contributed by atoms with Crippen LogP contribution in [0, 0.1) is 0 Å². The normalized spacial score (nSPS) is 11.3. The van der Waals surface area contributed by atoms with Crippen LogP contribution < -0.4 is 15.2 Å². The van der Waals surface area contributed by atoms with E-state index in [1.165, 1.54) is 31.4 Å². The number of nitrogens with one attached hydrogen (secondary N) is 1. The number of carbonyl (C=O) groups excluding carboxylic acids is 1. The third-order valence-electron chi connectivity index (χ3n) is 2.98. The molecule has 0 aliphatic heterocycles. The van der Waals surface area contributed by atoms with Gasteiger partial charge in [-0.25, -0.2) is 8.42 Å². The van der Waals surface area contributed by atoms with Gasteiger partial charge in [-0.15, -0.1) is 0 Å². The molecule has 2 aromatic rings. The van der Waals surface area contributed by atoms with Crippen molar-refractivity contribution < 1.29 is 17.9 Å². The summed E-state index contributed by atoms with van der Waals surface area (Å²) in [6.45, 7) is 0. The molecule has 0 unspecified atom stereocenters. The Labute approximate surface area is 134 Å². The van der Waals surface area contributed by atoms with E-state index < -0.39 is 15.9 Å². The fourth-order valence-electron chi connectivity index (χ4n) is 1.86. The summed E-state index contributed by atoms with van der Waals surface area (Å²) in [4.78, 5) is 11.2. The van der Waals surface area contributed by atoms with E-state index in [4.69, 9.17) is 10.5 Å². The zero-order chi connectivity index (χ0) is 16.9. The highest BCUT2D eigenvalue weighted by atomic mass is 32.2. The fourth-order valence-corrected chi connectivity index (χ4v) is 2.73. The van der Waals surface area contributed by atoms with Crippen molar-refractivity contribution in [3.63, 3.8) is 0 Å². The molecule has 0 heterocycles. The number of nitrogens with two attached hydrogens (primary N) is 1. The van der Waals surface area contributed by atoms with Crippen LogP contribution in [0.25, 0.3) is 6.08 Å². The number of ether oxygens (including phenoxy) is 1. The van der Waals surface area contributed by atoms with E-state index in [1.807, 2.05) is 6.07 Å². The number of primary amides is 1. The summed E-state index contributed by atoms with van der Waals surface area (Å²) in [5.74, 6) is -0.375. The summed E-state index contributed by atoms with van der Waals surface area (Å²) in [7, 11) is -2.37. The number of benzene rings is 2. The van der Waals surface area contributed by atoms with E-state index in [0.29, 0.717) is 0 Å². The van der Waals surface area contributed by atoms with Crippen molar-refractivity contribution in [1.82, 2.24) is 0 Å². The molecule has 0 bridgehead atoms. The molecule has 120 valence electrons. The molecule has 1 amide bonds. The zero-order valence-corrected chi connectivity index (χ0v) is 13.2. The number of methoxy groups -OCH3 is 1. The van der Waals surface area contributed by atoms with E-state index in [-0.39, 0.29) is 17.0 Å². The van der Waals surface area contributed by atoms with E-state index in [0.717, 1.165) is 11.0 Å². The van der Waals surface area contributed by atoms with Crippen LogP contribution >= 0.6 is 0 Å². The van der Waals surface area contributed by atoms with Crippen LogP contribution in [0.4, 0.5) is 5.69 Å². The Balaban J connectivity index is 2.28. The number of hydrogen-bond acceptors (Lipinski definition) is 4. The molecular weight excluding hydrogens is 316 g/mol. The van der Waals surface area contributed by atoms with Gasteiger partial charge in [0.1, 0.15) is 5.75 Å². The summed E-state index contributed by atoms with van der Waals surface area (Å²) in [6, 6.07) is 13.3. The van der Waals surface area contributed by atoms with Crippen LogP contribution in [0.1, 0.15) is 15.9 Å². The molecule has 0 atom stereocenters. The predicted molar refractivity (Wildman–Crippen MR) is 89.5 cm³/mol. The van der Waals surface area contributed by atoms with Crippen molar-refractivity contribution in [1.29, 1.82) is 0 Å². The number of amides is 1. The average Bonchev–Trinajstić information content (AvgIpc) is 2.53. The molecule has 2 rings (SSSR count). The lowest BCUT2D eigenvalue weighted by Gasteiger charge is -2.11. The maximum atomic E-state index is 12.2. The molecule has 0 radical (unpaired) electrons. The minimum absolute atomic E-state index is 0.140. The van der Waals surface area contributed by atoms with Crippen molar-refractivity contribution in [2.24, 2.45) is 5.73 Å². The second-order valence-electron chi connectivity index (χ2n) is 4.64. The average molecular weight is 332 g/mol. The molecule has 2 aromatic carbocycles. The van der Waals surface area contributed by atoms with Gasteiger partial charge in [-0.1, -0.05) is 30.3 Å². The van der Waals surface area contributed by atoms with Gasteiger partial charge < -0.3 is 10.5 Å². The molecule has 0 aliphatic rings. The molecule has 0 spiro atoms. The minimum atomic E-state index is -3.77. The van der Waals surface area contributed by atoms with E-state index >= 15 is 0 Å². The number of rotatable bonds is 6. The summed E-state index contributed by atoms with van der Waals surface area (Å²) in [5.41, 5.74) is 6.26. The molecule has 0 aliphatic carbocycles. The zero-order valence-electron chi connectivity index (χ0n) is 12.4. The minimum Gasteiger partial charge on any atom is -0.495 e. The lowest BCUT2D eigenvalue weighted by atomic mass is 10.2. The number of anilines is 1. The first-order chi connectivity index (χ1) is 10.9. The summed E-state index contributed by atoms with van der Waals surface area (Å²) >= 11 is 0. The highest BCUT2D eigenvalue weighted by molar-refractivity contribution is 7.95. The maximum absolute atomic E-state index is 12.2. The molecule has 0 aromatic heterocycles. The Morgan fingerprint density at radius 1 is 1.17 bits per heavy atom. The number of sulfonamides is 1. The molecule has 7 heteroatoms. The monoisotopic (exact) mass is 332 g/mol. The summed E-state index contributed by atoms with van der Waals surface area (Å²) in [5, 5.41) is 1.04. The van der Waals surface area contributed by atoms with Gasteiger partial charge in [0.15, 0.2) is 0 Å². The fraction of sp³-hybridized carbons (Fsp3) is 0.0625. The first-order valence-corrected chi connectivity index (χ1v) is 8.20. The van der Waals surface area contributed by atoms with Crippen molar-refractivity contribution in [3.8, 4) is 5.75 Å². The second kappa shape index (κ2) is 6.97. The molecular formula is C16H16N2O4S. The topological polar surface area (TPSA) is 98.5 Å². The van der Waals surface area contributed by atoms with Crippen LogP contribution in [0.2, 0.25) is 0 Å². The Bertz CT molecular complexity index is 830. The smallest absolute Gasteiger partial charge is 0.255 e. The van der Waals surface area contributed by atoms with Crippen LogP contribution in [-0.2, 0) is 10.0 Å². The van der Waals surface area contributed by atoms with Crippen LogP contribution in [-0.4, -0.2) is 21.4 Å². The van der Waals surface area contributed by atoms with Gasteiger partial charge in [-0.05, 0) is 29.8 Å². The van der Waals surface area contributed by atoms with Gasteiger partial charge in [0.2, 0.25) is 5.91 Å². The SMILES string of the molecule is COc1ccc(C(N)=O)cc1NS(=O)(=O)/C=C/c1ccccc1. The molecule has 0 fully saturated rings. The molecule has 23 heavy (non-hydrogen) atoms. The standard InChI is InChI=1S/C16H16N2O4S/c1-22-15-8-7-13(16(17)19)11-14(15)18-23(20,21)10-9-12-5-3-2-4-6-12/h2-11,18H,1H3,(H2,17,19)/b10-9+. The van der Waals surface area contributed by atoms with Gasteiger partial charge in [0, 0.05) is 5.56 Å². The third kappa shape index (κ3) is 4.58. The Morgan fingerprint density at radius 2 is 1.87 bits per heavy atom. The number of hydrogen-bond donors (Lipinski definition) is 2. The molecule has 0 saturated carbocycles. The first kappa shape index (κ1) is 16.6. The maximum Gasteiger partial charge on any atom is 0.255 e. The Morgan fingerprint density at radius 3 is 2.48 bits per heavy atom. The van der Waals surface area contributed by atoms with Crippen LogP contribution in [0.3, 0.4) is 0 Å². The lowest BCUT2D eigenvalue weighted by Crippen LogP contribution is -2.14. The van der Waals surface area contributed by atoms with E-state index in [2.05, 4.69) is 4.72 Å².